The number of aryl methyl sites for hydroxylation is 1. The van der Waals surface area contributed by atoms with Crippen molar-refractivity contribution < 1.29 is 19.4 Å². The summed E-state index contributed by atoms with van der Waals surface area (Å²) in [5.74, 6) is -1.13. The van der Waals surface area contributed by atoms with Crippen molar-refractivity contribution in [2.75, 3.05) is 19.8 Å². The molecule has 3 rings (SSSR count). The highest BCUT2D eigenvalue weighted by atomic mass is 35.5. The summed E-state index contributed by atoms with van der Waals surface area (Å²) in [6.07, 6.45) is -0.128. The molecule has 1 amide bonds. The number of carboxylic acids is 1. The fourth-order valence-corrected chi connectivity index (χ4v) is 4.67. The number of carbonyl (C=O) groups excluding carboxylic acids is 1. The lowest BCUT2D eigenvalue weighted by Gasteiger charge is -2.34. The highest BCUT2D eigenvalue weighted by Crippen LogP contribution is 2.35. The second-order valence-electron chi connectivity index (χ2n) is 5.36. The first-order valence-corrected chi connectivity index (χ1v) is 9.30. The zero-order valence-electron chi connectivity index (χ0n) is 12.8. The first kappa shape index (κ1) is 17.3. The van der Waals surface area contributed by atoms with Crippen molar-refractivity contribution in [3.05, 3.63) is 27.0 Å². The number of morpholine rings is 1. The van der Waals surface area contributed by atoms with Crippen molar-refractivity contribution in [1.82, 2.24) is 9.88 Å². The monoisotopic (exact) mass is 386 g/mol. The van der Waals surface area contributed by atoms with Gasteiger partial charge in [0.05, 0.1) is 40.6 Å². The highest BCUT2D eigenvalue weighted by Gasteiger charge is 2.32. The number of halogens is 1. The van der Waals surface area contributed by atoms with Gasteiger partial charge in [0, 0.05) is 6.54 Å². The van der Waals surface area contributed by atoms with Gasteiger partial charge in [-0.1, -0.05) is 11.6 Å². The van der Waals surface area contributed by atoms with Crippen molar-refractivity contribution >= 4 is 46.2 Å². The molecule has 9 heteroatoms. The van der Waals surface area contributed by atoms with Gasteiger partial charge in [-0.25, -0.2) is 4.98 Å². The number of aliphatic carboxylic acids is 1. The third-order valence-corrected chi connectivity index (χ3v) is 6.22. The number of carbonyl (C=O) groups is 2. The van der Waals surface area contributed by atoms with E-state index >= 15 is 0 Å². The number of carboxylic acid groups (broad SMARTS) is 1. The third kappa shape index (κ3) is 3.61. The molecule has 0 aliphatic carbocycles. The Hall–Kier alpha value is -1.48. The maximum absolute atomic E-state index is 12.9. The number of aromatic nitrogens is 1. The summed E-state index contributed by atoms with van der Waals surface area (Å²) in [4.78, 5) is 31.4. The Labute approximate surface area is 151 Å². The standard InChI is InChI=1S/C15H15ClN2O4S2/c1-8-13(24-14(17-8)10-2-3-11(16)23-10)15(21)18-4-5-22-7-9(18)6-12(19)20/h2-3,9H,4-7H2,1H3,(H,19,20). The van der Waals surface area contributed by atoms with E-state index in [1.54, 1.807) is 17.9 Å². The molecular formula is C15H15ClN2O4S2. The van der Waals surface area contributed by atoms with E-state index in [2.05, 4.69) is 4.98 Å². The van der Waals surface area contributed by atoms with E-state index in [4.69, 9.17) is 21.4 Å². The SMILES string of the molecule is Cc1nc(-c2ccc(Cl)s2)sc1C(=O)N1CCOCC1CC(=O)O. The summed E-state index contributed by atoms with van der Waals surface area (Å²) in [7, 11) is 0. The molecule has 1 saturated heterocycles. The lowest BCUT2D eigenvalue weighted by atomic mass is 10.1. The van der Waals surface area contributed by atoms with Crippen LogP contribution in [0, 0.1) is 6.92 Å². The molecule has 1 aliphatic rings. The second kappa shape index (κ2) is 7.18. The van der Waals surface area contributed by atoms with Crippen LogP contribution in [0.2, 0.25) is 4.34 Å². The number of thiazole rings is 1. The van der Waals surface area contributed by atoms with Gasteiger partial charge in [-0.2, -0.15) is 0 Å². The molecule has 24 heavy (non-hydrogen) atoms. The van der Waals surface area contributed by atoms with Crippen LogP contribution in [0.4, 0.5) is 0 Å². The van der Waals surface area contributed by atoms with Crippen molar-refractivity contribution in [2.45, 2.75) is 19.4 Å². The lowest BCUT2D eigenvalue weighted by molar-refractivity contribution is -0.139. The van der Waals surface area contributed by atoms with E-state index in [0.717, 1.165) is 9.88 Å². The molecule has 0 spiro atoms. The van der Waals surface area contributed by atoms with Crippen molar-refractivity contribution in [3.63, 3.8) is 0 Å². The molecule has 1 unspecified atom stereocenters. The predicted octanol–water partition coefficient (Wildman–Crippen LogP) is 3.15. The Balaban J connectivity index is 1.86. The number of rotatable bonds is 4. The van der Waals surface area contributed by atoms with Gasteiger partial charge < -0.3 is 14.7 Å². The van der Waals surface area contributed by atoms with Crippen LogP contribution >= 0.6 is 34.3 Å². The van der Waals surface area contributed by atoms with Gasteiger partial charge in [0.15, 0.2) is 0 Å². The van der Waals surface area contributed by atoms with E-state index in [1.807, 2.05) is 6.07 Å². The molecule has 2 aromatic rings. The minimum atomic E-state index is -0.946. The fourth-order valence-electron chi connectivity index (χ4n) is 2.55. The number of thiophene rings is 1. The van der Waals surface area contributed by atoms with Gasteiger partial charge in [0.2, 0.25) is 0 Å². The number of nitrogens with zero attached hydrogens (tertiary/aromatic N) is 2. The Morgan fingerprint density at radius 1 is 1.46 bits per heavy atom. The van der Waals surface area contributed by atoms with E-state index in [-0.39, 0.29) is 18.9 Å². The van der Waals surface area contributed by atoms with Crippen molar-refractivity contribution in [2.24, 2.45) is 0 Å². The Morgan fingerprint density at radius 3 is 2.92 bits per heavy atom. The molecule has 0 saturated carbocycles. The molecule has 3 heterocycles. The Morgan fingerprint density at radius 2 is 2.25 bits per heavy atom. The normalized spacial score (nSPS) is 17.9. The smallest absolute Gasteiger partial charge is 0.305 e. The lowest BCUT2D eigenvalue weighted by Crippen LogP contribution is -2.49. The van der Waals surface area contributed by atoms with Gasteiger partial charge in [-0.05, 0) is 19.1 Å². The van der Waals surface area contributed by atoms with Crippen LogP contribution in [0.3, 0.4) is 0 Å². The summed E-state index contributed by atoms with van der Waals surface area (Å²) in [6.45, 7) is 2.82. The van der Waals surface area contributed by atoms with Crippen LogP contribution in [-0.2, 0) is 9.53 Å². The first-order chi connectivity index (χ1) is 11.5. The van der Waals surface area contributed by atoms with Gasteiger partial charge in [-0.3, -0.25) is 9.59 Å². The maximum Gasteiger partial charge on any atom is 0.305 e. The molecule has 0 bridgehead atoms. The predicted molar refractivity (Wildman–Crippen MR) is 93.1 cm³/mol. The maximum atomic E-state index is 12.9. The average molecular weight is 387 g/mol. The average Bonchev–Trinajstić information content (AvgIpc) is 3.12. The Bertz CT molecular complexity index is 773. The summed E-state index contributed by atoms with van der Waals surface area (Å²) in [6, 6.07) is 3.22. The summed E-state index contributed by atoms with van der Waals surface area (Å²) >= 11 is 8.68. The largest absolute Gasteiger partial charge is 0.481 e. The first-order valence-electron chi connectivity index (χ1n) is 7.29. The van der Waals surface area contributed by atoms with Crippen LogP contribution in [-0.4, -0.2) is 52.7 Å². The van der Waals surface area contributed by atoms with E-state index in [9.17, 15) is 9.59 Å². The van der Waals surface area contributed by atoms with Crippen molar-refractivity contribution in [3.8, 4) is 9.88 Å². The molecular weight excluding hydrogens is 372 g/mol. The fraction of sp³-hybridized carbons (Fsp3) is 0.400. The van der Waals surface area contributed by atoms with Gasteiger partial charge in [0.25, 0.3) is 5.91 Å². The third-order valence-electron chi connectivity index (χ3n) is 3.67. The van der Waals surface area contributed by atoms with Crippen LogP contribution in [0.5, 0.6) is 0 Å². The molecule has 1 N–H and O–H groups in total. The zero-order valence-corrected chi connectivity index (χ0v) is 15.2. The molecule has 1 fully saturated rings. The van der Waals surface area contributed by atoms with E-state index < -0.39 is 12.0 Å². The van der Waals surface area contributed by atoms with E-state index in [0.29, 0.717) is 28.1 Å². The van der Waals surface area contributed by atoms with Crippen molar-refractivity contribution in [1.29, 1.82) is 0 Å². The van der Waals surface area contributed by atoms with Crippen LogP contribution in [0.15, 0.2) is 12.1 Å². The molecule has 2 aromatic heterocycles. The van der Waals surface area contributed by atoms with E-state index in [1.165, 1.54) is 22.7 Å². The topological polar surface area (TPSA) is 79.7 Å². The van der Waals surface area contributed by atoms with Gasteiger partial charge in [-0.15, -0.1) is 22.7 Å². The van der Waals surface area contributed by atoms with Crippen LogP contribution < -0.4 is 0 Å². The molecule has 1 atom stereocenters. The van der Waals surface area contributed by atoms with Gasteiger partial charge >= 0.3 is 5.97 Å². The summed E-state index contributed by atoms with van der Waals surface area (Å²) < 4.78 is 5.99. The summed E-state index contributed by atoms with van der Waals surface area (Å²) in [5.41, 5.74) is 0.644. The molecule has 6 nitrogen and oxygen atoms in total. The molecule has 128 valence electrons. The van der Waals surface area contributed by atoms with Crippen LogP contribution in [0.25, 0.3) is 9.88 Å². The number of hydrogen-bond acceptors (Lipinski definition) is 6. The molecule has 0 aromatic carbocycles. The second-order valence-corrected chi connectivity index (χ2v) is 8.08. The number of hydrogen-bond donors (Lipinski definition) is 1. The molecule has 0 radical (unpaired) electrons. The number of amides is 1. The number of ether oxygens (including phenoxy) is 1. The molecule has 1 aliphatic heterocycles. The van der Waals surface area contributed by atoms with Crippen LogP contribution in [0.1, 0.15) is 21.8 Å². The Kier molecular flexibility index (Phi) is 5.19. The zero-order chi connectivity index (χ0) is 17.3. The minimum absolute atomic E-state index is 0.128. The minimum Gasteiger partial charge on any atom is -0.481 e. The summed E-state index contributed by atoms with van der Waals surface area (Å²) in [5, 5.41) is 9.78. The quantitative estimate of drug-likeness (QED) is 0.873. The highest BCUT2D eigenvalue weighted by molar-refractivity contribution is 7.24. The van der Waals surface area contributed by atoms with Gasteiger partial charge in [0.1, 0.15) is 9.88 Å².